The molecule has 7 nitrogen and oxygen atoms in total. The molecule has 2 amide bonds. The summed E-state index contributed by atoms with van der Waals surface area (Å²) in [6, 6.07) is 5.52. The van der Waals surface area contributed by atoms with E-state index in [1.54, 1.807) is 0 Å². The third-order valence-electron chi connectivity index (χ3n) is 2.88. The van der Waals surface area contributed by atoms with Gasteiger partial charge in [-0.25, -0.2) is 8.42 Å². The van der Waals surface area contributed by atoms with Crippen molar-refractivity contribution in [2.75, 3.05) is 20.1 Å². The van der Waals surface area contributed by atoms with Gasteiger partial charge in [-0.3, -0.25) is 9.59 Å². The molecule has 0 unspecified atom stereocenters. The lowest BCUT2D eigenvalue weighted by Gasteiger charge is -2.22. The van der Waals surface area contributed by atoms with E-state index in [1.165, 1.54) is 31.3 Å². The molecule has 0 saturated carbocycles. The average molecular weight is 327 g/mol. The Balaban J connectivity index is 3.13. The molecule has 0 atom stereocenters. The average Bonchev–Trinajstić information content (AvgIpc) is 2.45. The Morgan fingerprint density at radius 1 is 1.23 bits per heavy atom. The number of hydrogen-bond donors (Lipinski definition) is 2. The molecule has 0 aliphatic heterocycles. The Morgan fingerprint density at radius 2 is 1.77 bits per heavy atom. The second-order valence-corrected chi connectivity index (χ2v) is 7.20. The summed E-state index contributed by atoms with van der Waals surface area (Å²) in [7, 11) is -2.35. The van der Waals surface area contributed by atoms with Gasteiger partial charge in [0.1, 0.15) is 0 Å². The number of rotatable bonds is 7. The largest absolute Gasteiger partial charge is 0.369 e. The highest BCUT2D eigenvalue weighted by atomic mass is 32.2. The first-order valence-corrected chi connectivity index (χ1v) is 8.23. The lowest BCUT2D eigenvalue weighted by Crippen LogP contribution is -2.40. The fourth-order valence-corrected chi connectivity index (χ4v) is 3.47. The zero-order valence-electron chi connectivity index (χ0n) is 12.9. The van der Waals surface area contributed by atoms with E-state index in [4.69, 9.17) is 5.73 Å². The highest BCUT2D eigenvalue weighted by molar-refractivity contribution is 7.89. The van der Waals surface area contributed by atoms with Gasteiger partial charge >= 0.3 is 0 Å². The number of carbonyl (C=O) groups excluding carboxylic acids is 2. The summed E-state index contributed by atoms with van der Waals surface area (Å²) < 4.78 is 26.2. The van der Waals surface area contributed by atoms with Crippen molar-refractivity contribution in [2.45, 2.75) is 18.7 Å². The van der Waals surface area contributed by atoms with Gasteiger partial charge in [0, 0.05) is 19.2 Å². The monoisotopic (exact) mass is 327 g/mol. The molecule has 0 aliphatic rings. The molecule has 0 aromatic heterocycles. The van der Waals surface area contributed by atoms with Crippen LogP contribution in [0.15, 0.2) is 29.2 Å². The Kier molecular flexibility index (Phi) is 6.07. The SMILES string of the molecule is CNC(=O)c1ccc(S(=O)(=O)N(CC(N)=O)CC(C)C)cc1. The van der Waals surface area contributed by atoms with Crippen molar-refractivity contribution in [3.05, 3.63) is 29.8 Å². The van der Waals surface area contributed by atoms with E-state index in [0.29, 0.717) is 5.56 Å². The number of carbonyl (C=O) groups is 2. The number of hydrogen-bond acceptors (Lipinski definition) is 4. The molecular formula is C14H21N3O4S. The summed E-state index contributed by atoms with van der Waals surface area (Å²) in [5.41, 5.74) is 5.48. The van der Waals surface area contributed by atoms with E-state index in [1.807, 2.05) is 13.8 Å². The van der Waals surface area contributed by atoms with Crippen molar-refractivity contribution < 1.29 is 18.0 Å². The van der Waals surface area contributed by atoms with Crippen LogP contribution in [0.1, 0.15) is 24.2 Å². The van der Waals surface area contributed by atoms with Crippen molar-refractivity contribution in [2.24, 2.45) is 11.7 Å². The minimum absolute atomic E-state index is 0.0158. The molecule has 0 aliphatic carbocycles. The highest BCUT2D eigenvalue weighted by Crippen LogP contribution is 2.17. The van der Waals surface area contributed by atoms with E-state index < -0.39 is 15.9 Å². The fraction of sp³-hybridized carbons (Fsp3) is 0.429. The zero-order chi connectivity index (χ0) is 16.9. The van der Waals surface area contributed by atoms with Gasteiger partial charge < -0.3 is 11.1 Å². The molecular weight excluding hydrogens is 306 g/mol. The number of nitrogens with two attached hydrogens (primary N) is 1. The molecule has 3 N–H and O–H groups in total. The minimum atomic E-state index is -3.84. The third kappa shape index (κ3) is 4.54. The van der Waals surface area contributed by atoms with E-state index in [0.717, 1.165) is 4.31 Å². The van der Waals surface area contributed by atoms with Crippen LogP contribution in [0.3, 0.4) is 0 Å². The summed E-state index contributed by atoms with van der Waals surface area (Å²) in [5, 5.41) is 2.45. The number of benzene rings is 1. The number of nitrogens with zero attached hydrogens (tertiary/aromatic N) is 1. The quantitative estimate of drug-likeness (QED) is 0.744. The van der Waals surface area contributed by atoms with E-state index in [9.17, 15) is 18.0 Å². The molecule has 0 radical (unpaired) electrons. The lowest BCUT2D eigenvalue weighted by molar-refractivity contribution is -0.118. The summed E-state index contributed by atoms with van der Waals surface area (Å²) in [5.74, 6) is -0.981. The van der Waals surface area contributed by atoms with Crippen molar-refractivity contribution in [1.82, 2.24) is 9.62 Å². The highest BCUT2D eigenvalue weighted by Gasteiger charge is 2.26. The summed E-state index contributed by atoms with van der Waals surface area (Å²) in [6.07, 6.45) is 0. The van der Waals surface area contributed by atoms with Crippen molar-refractivity contribution in [1.29, 1.82) is 0 Å². The Labute approximate surface area is 130 Å². The van der Waals surface area contributed by atoms with Crippen molar-refractivity contribution >= 4 is 21.8 Å². The smallest absolute Gasteiger partial charge is 0.251 e. The van der Waals surface area contributed by atoms with Crippen LogP contribution in [-0.2, 0) is 14.8 Å². The molecule has 0 saturated heterocycles. The van der Waals surface area contributed by atoms with Crippen LogP contribution < -0.4 is 11.1 Å². The van der Waals surface area contributed by atoms with Gasteiger partial charge in [-0.15, -0.1) is 0 Å². The zero-order valence-corrected chi connectivity index (χ0v) is 13.7. The van der Waals surface area contributed by atoms with Gasteiger partial charge in [0.25, 0.3) is 5.91 Å². The van der Waals surface area contributed by atoms with Crippen molar-refractivity contribution in [3.8, 4) is 0 Å². The van der Waals surface area contributed by atoms with Gasteiger partial charge in [-0.1, -0.05) is 13.8 Å². The standard InChI is InChI=1S/C14H21N3O4S/c1-10(2)8-17(9-13(15)18)22(20,21)12-6-4-11(5-7-12)14(19)16-3/h4-7,10H,8-9H2,1-3H3,(H2,15,18)(H,16,19). The molecule has 0 bridgehead atoms. The lowest BCUT2D eigenvalue weighted by atomic mass is 10.2. The molecule has 122 valence electrons. The second-order valence-electron chi connectivity index (χ2n) is 5.26. The molecule has 1 aromatic carbocycles. The number of sulfonamides is 1. The summed E-state index contributed by atoms with van der Waals surface area (Å²) in [6.45, 7) is 3.50. The molecule has 0 spiro atoms. The Hall–Kier alpha value is -1.93. The molecule has 1 rings (SSSR count). The molecule has 1 aromatic rings. The second kappa shape index (κ2) is 7.37. The van der Waals surface area contributed by atoms with Crippen molar-refractivity contribution in [3.63, 3.8) is 0 Å². The Bertz CT molecular complexity index is 639. The topological polar surface area (TPSA) is 110 Å². The van der Waals surface area contributed by atoms with Crippen LogP contribution in [0.4, 0.5) is 0 Å². The number of amides is 2. The van der Waals surface area contributed by atoms with Crippen LogP contribution in [0, 0.1) is 5.92 Å². The van der Waals surface area contributed by atoms with Crippen LogP contribution in [0.2, 0.25) is 0 Å². The number of nitrogens with one attached hydrogen (secondary N) is 1. The first-order chi connectivity index (χ1) is 10.2. The Morgan fingerprint density at radius 3 is 2.18 bits per heavy atom. The fourth-order valence-electron chi connectivity index (χ4n) is 1.90. The van der Waals surface area contributed by atoms with Crippen LogP contribution in [0.25, 0.3) is 0 Å². The van der Waals surface area contributed by atoms with E-state index in [2.05, 4.69) is 5.32 Å². The number of primary amides is 1. The van der Waals surface area contributed by atoms with Gasteiger partial charge in [0.15, 0.2) is 0 Å². The first kappa shape index (κ1) is 18.1. The molecule has 0 heterocycles. The van der Waals surface area contributed by atoms with Crippen LogP contribution in [-0.4, -0.2) is 44.7 Å². The van der Waals surface area contributed by atoms with Gasteiger partial charge in [-0.2, -0.15) is 4.31 Å². The maximum atomic E-state index is 12.6. The predicted octanol–water partition coefficient (Wildman–Crippen LogP) is 0.178. The third-order valence-corrected chi connectivity index (χ3v) is 4.71. The minimum Gasteiger partial charge on any atom is -0.369 e. The maximum absolute atomic E-state index is 12.6. The van der Waals surface area contributed by atoms with Gasteiger partial charge in [0.05, 0.1) is 11.4 Å². The normalized spacial score (nSPS) is 11.7. The van der Waals surface area contributed by atoms with Gasteiger partial charge in [-0.05, 0) is 30.2 Å². The van der Waals surface area contributed by atoms with Crippen LogP contribution >= 0.6 is 0 Å². The molecule has 22 heavy (non-hydrogen) atoms. The van der Waals surface area contributed by atoms with Crippen LogP contribution in [0.5, 0.6) is 0 Å². The van der Waals surface area contributed by atoms with Gasteiger partial charge in [0.2, 0.25) is 15.9 Å². The maximum Gasteiger partial charge on any atom is 0.251 e. The van der Waals surface area contributed by atoms with E-state index in [-0.39, 0.29) is 29.8 Å². The predicted molar refractivity (Wildman–Crippen MR) is 82.6 cm³/mol. The first-order valence-electron chi connectivity index (χ1n) is 6.79. The van der Waals surface area contributed by atoms with E-state index >= 15 is 0 Å². The molecule has 0 fully saturated rings. The molecule has 8 heteroatoms. The summed E-state index contributed by atoms with van der Waals surface area (Å²) in [4.78, 5) is 22.6. The summed E-state index contributed by atoms with van der Waals surface area (Å²) >= 11 is 0.